The molecule has 0 radical (unpaired) electrons. The second kappa shape index (κ2) is 5.47. The molecule has 1 aliphatic rings. The first kappa shape index (κ1) is 13.5. The number of rotatable bonds is 3. The molecule has 0 N–H and O–H groups in total. The van der Waals surface area contributed by atoms with Gasteiger partial charge >= 0.3 is 0 Å². The normalized spacial score (nSPS) is 12.9. The minimum atomic E-state index is -0.0289. The molecule has 0 aliphatic carbocycles. The molecule has 2 aromatic rings. The minimum Gasteiger partial charge on any atom is -0.492 e. The van der Waals surface area contributed by atoms with Crippen LogP contribution in [0.15, 0.2) is 36.4 Å². The zero-order valence-electron chi connectivity index (χ0n) is 10.7. The van der Waals surface area contributed by atoms with Crippen LogP contribution in [0.25, 0.3) is 0 Å². The van der Waals surface area contributed by atoms with Gasteiger partial charge < -0.3 is 4.74 Å². The SMILES string of the molecule is O=C(Cc1c(Cl)cccc1Cl)c1cccc2c1OCC2. The number of benzene rings is 2. The summed E-state index contributed by atoms with van der Waals surface area (Å²) in [6.07, 6.45) is 1.03. The number of hydrogen-bond acceptors (Lipinski definition) is 2. The van der Waals surface area contributed by atoms with Gasteiger partial charge in [-0.2, -0.15) is 0 Å². The Bertz CT molecular complexity index is 660. The van der Waals surface area contributed by atoms with Crippen molar-refractivity contribution in [2.75, 3.05) is 6.61 Å². The van der Waals surface area contributed by atoms with E-state index in [-0.39, 0.29) is 12.2 Å². The fourth-order valence-electron chi connectivity index (χ4n) is 2.39. The number of para-hydroxylation sites is 1. The number of ether oxygens (including phenoxy) is 1. The highest BCUT2D eigenvalue weighted by molar-refractivity contribution is 6.36. The quantitative estimate of drug-likeness (QED) is 0.788. The maximum Gasteiger partial charge on any atom is 0.171 e. The minimum absolute atomic E-state index is 0.0289. The maximum atomic E-state index is 12.5. The molecule has 0 saturated heterocycles. The third-order valence-electron chi connectivity index (χ3n) is 3.41. The van der Waals surface area contributed by atoms with Crippen molar-refractivity contribution in [3.05, 3.63) is 63.1 Å². The summed E-state index contributed by atoms with van der Waals surface area (Å²) in [5, 5.41) is 1.03. The Kier molecular flexibility index (Phi) is 3.68. The van der Waals surface area contributed by atoms with Gasteiger partial charge in [0, 0.05) is 22.9 Å². The Labute approximate surface area is 127 Å². The van der Waals surface area contributed by atoms with Gasteiger partial charge in [0.2, 0.25) is 0 Å². The fraction of sp³-hybridized carbons (Fsp3) is 0.188. The lowest BCUT2D eigenvalue weighted by atomic mass is 10.00. The van der Waals surface area contributed by atoms with E-state index in [1.807, 2.05) is 12.1 Å². The van der Waals surface area contributed by atoms with Gasteiger partial charge in [-0.3, -0.25) is 4.79 Å². The van der Waals surface area contributed by atoms with E-state index >= 15 is 0 Å². The van der Waals surface area contributed by atoms with Crippen molar-refractivity contribution in [2.24, 2.45) is 0 Å². The molecule has 102 valence electrons. The lowest BCUT2D eigenvalue weighted by molar-refractivity contribution is 0.0990. The summed E-state index contributed by atoms with van der Waals surface area (Å²) in [5.74, 6) is 0.680. The van der Waals surface area contributed by atoms with Crippen LogP contribution in [-0.2, 0) is 12.8 Å². The van der Waals surface area contributed by atoms with Crippen LogP contribution in [0.3, 0.4) is 0 Å². The Morgan fingerprint density at radius 1 is 1.10 bits per heavy atom. The molecule has 1 aliphatic heterocycles. The van der Waals surface area contributed by atoms with Crippen molar-refractivity contribution < 1.29 is 9.53 Å². The highest BCUT2D eigenvalue weighted by Crippen LogP contribution is 2.32. The first-order valence-corrected chi connectivity index (χ1v) is 7.13. The summed E-state index contributed by atoms with van der Waals surface area (Å²) in [6, 6.07) is 10.9. The van der Waals surface area contributed by atoms with E-state index in [0.717, 1.165) is 12.0 Å². The van der Waals surface area contributed by atoms with Crippen molar-refractivity contribution in [3.8, 4) is 5.75 Å². The lowest BCUT2D eigenvalue weighted by Gasteiger charge is -2.09. The molecule has 0 amide bonds. The van der Waals surface area contributed by atoms with Gasteiger partial charge in [-0.1, -0.05) is 41.4 Å². The standard InChI is InChI=1S/C16H12Cl2O2/c17-13-5-2-6-14(18)12(13)9-15(19)11-4-1-3-10-7-8-20-16(10)11/h1-6H,7-9H2. The molecule has 2 aromatic carbocycles. The van der Waals surface area contributed by atoms with Gasteiger partial charge in [-0.15, -0.1) is 0 Å². The Hall–Kier alpha value is -1.51. The van der Waals surface area contributed by atoms with Crippen LogP contribution >= 0.6 is 23.2 Å². The molecule has 20 heavy (non-hydrogen) atoms. The van der Waals surface area contributed by atoms with Crippen LogP contribution in [-0.4, -0.2) is 12.4 Å². The topological polar surface area (TPSA) is 26.3 Å². The molecule has 0 spiro atoms. The molecule has 2 nitrogen and oxygen atoms in total. The lowest BCUT2D eigenvalue weighted by Crippen LogP contribution is -2.06. The summed E-state index contributed by atoms with van der Waals surface area (Å²) >= 11 is 12.2. The van der Waals surface area contributed by atoms with Gasteiger partial charge in [0.25, 0.3) is 0 Å². The summed E-state index contributed by atoms with van der Waals surface area (Å²) < 4.78 is 5.56. The van der Waals surface area contributed by atoms with Crippen molar-refractivity contribution in [3.63, 3.8) is 0 Å². The van der Waals surface area contributed by atoms with Crippen LogP contribution in [0, 0.1) is 0 Å². The molecule has 0 atom stereocenters. The van der Waals surface area contributed by atoms with Crippen LogP contribution in [0.1, 0.15) is 21.5 Å². The summed E-state index contributed by atoms with van der Waals surface area (Å²) in [7, 11) is 0. The Balaban J connectivity index is 1.93. The number of carbonyl (C=O) groups excluding carboxylic acids is 1. The first-order chi connectivity index (χ1) is 9.66. The van der Waals surface area contributed by atoms with E-state index in [1.165, 1.54) is 0 Å². The molecule has 0 aromatic heterocycles. The van der Waals surface area contributed by atoms with Crippen molar-refractivity contribution in [2.45, 2.75) is 12.8 Å². The molecular weight excluding hydrogens is 295 g/mol. The fourth-order valence-corrected chi connectivity index (χ4v) is 2.92. The second-order valence-electron chi connectivity index (χ2n) is 4.69. The summed E-state index contributed by atoms with van der Waals surface area (Å²) in [6.45, 7) is 0.631. The van der Waals surface area contributed by atoms with Gasteiger partial charge in [0.05, 0.1) is 12.2 Å². The van der Waals surface area contributed by atoms with Gasteiger partial charge in [-0.25, -0.2) is 0 Å². The largest absolute Gasteiger partial charge is 0.492 e. The molecule has 3 rings (SSSR count). The molecule has 0 unspecified atom stereocenters. The highest BCUT2D eigenvalue weighted by Gasteiger charge is 2.21. The number of hydrogen-bond donors (Lipinski definition) is 0. The zero-order valence-corrected chi connectivity index (χ0v) is 12.2. The first-order valence-electron chi connectivity index (χ1n) is 6.37. The molecule has 0 saturated carbocycles. The van der Waals surface area contributed by atoms with Gasteiger partial charge in [0.15, 0.2) is 5.78 Å². The van der Waals surface area contributed by atoms with Crippen molar-refractivity contribution in [1.82, 2.24) is 0 Å². The average Bonchev–Trinajstić information content (AvgIpc) is 2.91. The molecule has 4 heteroatoms. The van der Waals surface area contributed by atoms with E-state index in [9.17, 15) is 4.79 Å². The Morgan fingerprint density at radius 3 is 2.55 bits per heavy atom. The number of Topliss-reactive ketones (excluding diaryl/α,β-unsaturated/α-hetero) is 1. The van der Waals surface area contributed by atoms with Gasteiger partial charge in [0.1, 0.15) is 5.75 Å². The van der Waals surface area contributed by atoms with E-state index in [2.05, 4.69) is 0 Å². The van der Waals surface area contributed by atoms with Crippen LogP contribution < -0.4 is 4.74 Å². The summed E-state index contributed by atoms with van der Waals surface area (Å²) in [4.78, 5) is 12.5. The zero-order chi connectivity index (χ0) is 14.1. The maximum absolute atomic E-state index is 12.5. The highest BCUT2D eigenvalue weighted by atomic mass is 35.5. The molecule has 1 heterocycles. The van der Waals surface area contributed by atoms with Crippen LogP contribution in [0.2, 0.25) is 10.0 Å². The van der Waals surface area contributed by atoms with E-state index < -0.39 is 0 Å². The number of carbonyl (C=O) groups is 1. The predicted octanol–water partition coefficient (Wildman–Crippen LogP) is 4.35. The van der Waals surface area contributed by atoms with Gasteiger partial charge in [-0.05, 0) is 29.3 Å². The third kappa shape index (κ3) is 2.41. The summed E-state index contributed by atoms with van der Waals surface area (Å²) in [5.41, 5.74) is 2.36. The van der Waals surface area contributed by atoms with Crippen LogP contribution in [0.5, 0.6) is 5.75 Å². The third-order valence-corrected chi connectivity index (χ3v) is 4.12. The Morgan fingerprint density at radius 2 is 1.80 bits per heavy atom. The molecule has 0 bridgehead atoms. The molecular formula is C16H12Cl2O2. The number of ketones is 1. The van der Waals surface area contributed by atoms with E-state index in [0.29, 0.717) is 33.5 Å². The van der Waals surface area contributed by atoms with Crippen molar-refractivity contribution >= 4 is 29.0 Å². The number of fused-ring (bicyclic) bond motifs is 1. The second-order valence-corrected chi connectivity index (χ2v) is 5.51. The average molecular weight is 307 g/mol. The monoisotopic (exact) mass is 306 g/mol. The number of halogens is 2. The van der Waals surface area contributed by atoms with E-state index in [4.69, 9.17) is 27.9 Å². The van der Waals surface area contributed by atoms with Crippen LogP contribution in [0.4, 0.5) is 0 Å². The molecule has 0 fully saturated rings. The van der Waals surface area contributed by atoms with E-state index in [1.54, 1.807) is 24.3 Å². The van der Waals surface area contributed by atoms with Crippen molar-refractivity contribution in [1.29, 1.82) is 0 Å². The predicted molar refractivity (Wildman–Crippen MR) is 80.1 cm³/mol. The smallest absolute Gasteiger partial charge is 0.171 e.